The van der Waals surface area contributed by atoms with Crippen LogP contribution in [0.3, 0.4) is 0 Å². The van der Waals surface area contributed by atoms with Gasteiger partial charge in [0, 0.05) is 23.7 Å². The van der Waals surface area contributed by atoms with E-state index in [9.17, 15) is 22.7 Å². The van der Waals surface area contributed by atoms with E-state index in [1.54, 1.807) is 12.1 Å². The van der Waals surface area contributed by atoms with Crippen molar-refractivity contribution < 1.29 is 22.7 Å². The van der Waals surface area contributed by atoms with Crippen LogP contribution < -0.4 is 9.62 Å². The highest BCUT2D eigenvalue weighted by atomic mass is 35.5. The van der Waals surface area contributed by atoms with E-state index in [2.05, 4.69) is 4.72 Å². The fraction of sp³-hybridized carbons (Fsp3) is 0.381. The van der Waals surface area contributed by atoms with Crippen LogP contribution in [0.2, 0.25) is 5.02 Å². The molecule has 0 saturated heterocycles. The van der Waals surface area contributed by atoms with Crippen LogP contribution in [0, 0.1) is 11.7 Å². The molecule has 0 unspecified atom stereocenters. The van der Waals surface area contributed by atoms with Crippen LogP contribution in [0.5, 0.6) is 0 Å². The molecule has 2 N–H and O–H groups in total. The Labute approximate surface area is 180 Å². The fourth-order valence-electron chi connectivity index (χ4n) is 3.76. The van der Waals surface area contributed by atoms with E-state index in [-0.39, 0.29) is 10.9 Å². The van der Waals surface area contributed by atoms with Crippen molar-refractivity contribution in [1.82, 2.24) is 4.72 Å². The van der Waals surface area contributed by atoms with Gasteiger partial charge < -0.3 is 10.0 Å². The van der Waals surface area contributed by atoms with Crippen LogP contribution in [-0.4, -0.2) is 38.6 Å². The molecule has 2 aromatic carbocycles. The monoisotopic (exact) mass is 454 g/mol. The van der Waals surface area contributed by atoms with Gasteiger partial charge in [0.15, 0.2) is 0 Å². The molecule has 1 amide bonds. The van der Waals surface area contributed by atoms with Crippen LogP contribution in [0.1, 0.15) is 25.7 Å². The van der Waals surface area contributed by atoms with Gasteiger partial charge in [-0.25, -0.2) is 17.5 Å². The minimum Gasteiger partial charge on any atom is -0.391 e. The van der Waals surface area contributed by atoms with Gasteiger partial charge in [0.25, 0.3) is 10.0 Å². The van der Waals surface area contributed by atoms with Crippen LogP contribution in [0.25, 0.3) is 0 Å². The highest BCUT2D eigenvalue weighted by Gasteiger charge is 2.33. The van der Waals surface area contributed by atoms with Gasteiger partial charge in [0.2, 0.25) is 5.91 Å². The van der Waals surface area contributed by atoms with Crippen molar-refractivity contribution in [3.63, 3.8) is 0 Å². The predicted octanol–water partition coefficient (Wildman–Crippen LogP) is 3.34. The summed E-state index contributed by atoms with van der Waals surface area (Å²) in [5.41, 5.74) is 0.855. The highest BCUT2D eigenvalue weighted by molar-refractivity contribution is 7.90. The molecule has 162 valence electrons. The van der Waals surface area contributed by atoms with Crippen LogP contribution >= 0.6 is 11.6 Å². The van der Waals surface area contributed by atoms with Gasteiger partial charge in [-0.1, -0.05) is 17.7 Å². The van der Waals surface area contributed by atoms with Gasteiger partial charge in [0.05, 0.1) is 17.0 Å². The summed E-state index contributed by atoms with van der Waals surface area (Å²) in [6.45, 7) is 0. The number of aliphatic hydroxyl groups is 1. The molecule has 1 aliphatic carbocycles. The quantitative estimate of drug-likeness (QED) is 0.676. The number of benzene rings is 2. The Hall–Kier alpha value is -2.16. The largest absolute Gasteiger partial charge is 0.391 e. The number of hydrogen-bond donors (Lipinski definition) is 2. The molecule has 0 bridgehead atoms. The van der Waals surface area contributed by atoms with Crippen LogP contribution in [0.15, 0.2) is 53.4 Å². The number of nitrogens with zero attached hydrogens (tertiary/aromatic N) is 1. The van der Waals surface area contributed by atoms with Gasteiger partial charge >= 0.3 is 0 Å². The first-order valence-electron chi connectivity index (χ1n) is 9.66. The molecule has 0 aliphatic heterocycles. The average Bonchev–Trinajstić information content (AvgIpc) is 2.89. The molecule has 1 fully saturated rings. The lowest BCUT2D eigenvalue weighted by molar-refractivity contribution is -0.123. The second kappa shape index (κ2) is 9.32. The lowest BCUT2D eigenvalue weighted by Gasteiger charge is -2.32. The first-order valence-corrected chi connectivity index (χ1v) is 11.5. The molecule has 2 aromatic rings. The number of halogens is 2. The maximum Gasteiger partial charge on any atom is 0.264 e. The average molecular weight is 455 g/mol. The molecule has 9 heteroatoms. The summed E-state index contributed by atoms with van der Waals surface area (Å²) in [5, 5.41) is 11.2. The molecule has 30 heavy (non-hydrogen) atoms. The van der Waals surface area contributed by atoms with Gasteiger partial charge in [-0.05, 0) is 68.1 Å². The zero-order valence-corrected chi connectivity index (χ0v) is 18.0. The molecular formula is C21H24ClFN2O4S. The summed E-state index contributed by atoms with van der Waals surface area (Å²) < 4.78 is 39.9. The number of rotatable bonds is 5. The molecule has 3 atom stereocenters. The van der Waals surface area contributed by atoms with Crippen molar-refractivity contribution in [3.8, 4) is 0 Å². The molecule has 0 radical (unpaired) electrons. The topological polar surface area (TPSA) is 86.7 Å². The maximum absolute atomic E-state index is 13.0. The standard InChI is InChI=1S/C21H24ClFN2O4S/c1-25(17-4-2-3-15(22)13-17)19-11-5-14(6-12-20(19)26)21(27)24-30(28,29)18-9-7-16(23)8-10-18/h2-4,7-10,13-14,19-20,26H,5-6,11-12H2,1H3,(H,24,27)/t14-,19+,20+/m1/s1. The zero-order valence-electron chi connectivity index (χ0n) is 16.5. The number of sulfonamides is 1. The van der Waals surface area contributed by atoms with Crippen LogP contribution in [0.4, 0.5) is 10.1 Å². The molecule has 3 rings (SSSR count). The minimum atomic E-state index is -4.08. The summed E-state index contributed by atoms with van der Waals surface area (Å²) >= 11 is 6.06. The number of nitrogens with one attached hydrogen (secondary N) is 1. The van der Waals surface area contributed by atoms with E-state index in [1.807, 2.05) is 24.1 Å². The van der Waals surface area contributed by atoms with Crippen molar-refractivity contribution in [2.75, 3.05) is 11.9 Å². The number of likely N-dealkylation sites (N-methyl/N-ethyl adjacent to an activating group) is 1. The Morgan fingerprint density at radius 3 is 2.47 bits per heavy atom. The van der Waals surface area contributed by atoms with E-state index in [0.29, 0.717) is 30.7 Å². The number of carbonyl (C=O) groups excluding carboxylic acids is 1. The maximum atomic E-state index is 13.0. The Balaban J connectivity index is 1.67. The van der Waals surface area contributed by atoms with Crippen molar-refractivity contribution in [3.05, 3.63) is 59.4 Å². The van der Waals surface area contributed by atoms with Crippen molar-refractivity contribution in [2.24, 2.45) is 5.92 Å². The Morgan fingerprint density at radius 1 is 1.13 bits per heavy atom. The van der Waals surface area contributed by atoms with E-state index < -0.39 is 33.8 Å². The lowest BCUT2D eigenvalue weighted by Crippen LogP contribution is -2.40. The SMILES string of the molecule is CN(c1cccc(Cl)c1)[C@H]1CC[C@@H](C(=O)NS(=O)(=O)c2ccc(F)cc2)CC[C@@H]1O. The second-order valence-electron chi connectivity index (χ2n) is 7.50. The van der Waals surface area contributed by atoms with Crippen molar-refractivity contribution in [1.29, 1.82) is 0 Å². The molecule has 0 aromatic heterocycles. The summed E-state index contributed by atoms with van der Waals surface area (Å²) in [4.78, 5) is 14.4. The van der Waals surface area contributed by atoms with Crippen molar-refractivity contribution in [2.45, 2.75) is 42.7 Å². The third-order valence-electron chi connectivity index (χ3n) is 5.51. The molecular weight excluding hydrogens is 431 g/mol. The summed E-state index contributed by atoms with van der Waals surface area (Å²) in [6, 6.07) is 11.3. The van der Waals surface area contributed by atoms with Crippen LogP contribution in [-0.2, 0) is 14.8 Å². The van der Waals surface area contributed by atoms with Gasteiger partial charge in [-0.2, -0.15) is 0 Å². The highest BCUT2D eigenvalue weighted by Crippen LogP contribution is 2.30. The molecule has 1 saturated carbocycles. The molecule has 0 spiro atoms. The number of amides is 1. The number of hydrogen-bond acceptors (Lipinski definition) is 5. The first kappa shape index (κ1) is 22.5. The lowest BCUT2D eigenvalue weighted by atomic mass is 9.99. The summed E-state index contributed by atoms with van der Waals surface area (Å²) in [7, 11) is -2.22. The minimum absolute atomic E-state index is 0.176. The number of carbonyl (C=O) groups is 1. The molecule has 0 heterocycles. The first-order chi connectivity index (χ1) is 14.2. The number of anilines is 1. The van der Waals surface area contributed by atoms with E-state index >= 15 is 0 Å². The normalized spacial score (nSPS) is 22.2. The van der Waals surface area contributed by atoms with Gasteiger partial charge in [-0.3, -0.25) is 4.79 Å². The Kier molecular flexibility index (Phi) is 7.00. The second-order valence-corrected chi connectivity index (χ2v) is 9.62. The van der Waals surface area contributed by atoms with E-state index in [1.165, 1.54) is 0 Å². The predicted molar refractivity (Wildman–Crippen MR) is 113 cm³/mol. The smallest absolute Gasteiger partial charge is 0.264 e. The zero-order chi connectivity index (χ0) is 21.9. The van der Waals surface area contributed by atoms with Gasteiger partial charge in [-0.15, -0.1) is 0 Å². The van der Waals surface area contributed by atoms with Crippen molar-refractivity contribution >= 4 is 33.2 Å². The van der Waals surface area contributed by atoms with E-state index in [0.717, 1.165) is 30.0 Å². The summed E-state index contributed by atoms with van der Waals surface area (Å²) in [6.07, 6.45) is 1.01. The summed E-state index contributed by atoms with van der Waals surface area (Å²) in [5.74, 6) is -1.72. The molecule has 6 nitrogen and oxygen atoms in total. The Morgan fingerprint density at radius 2 is 1.80 bits per heavy atom. The third-order valence-corrected chi connectivity index (χ3v) is 7.11. The Bertz CT molecular complexity index is 1000. The third kappa shape index (κ3) is 5.30. The number of aliphatic hydroxyl groups excluding tert-OH is 1. The van der Waals surface area contributed by atoms with Gasteiger partial charge in [0.1, 0.15) is 5.82 Å². The fourth-order valence-corrected chi connectivity index (χ4v) is 4.99. The van der Waals surface area contributed by atoms with E-state index in [4.69, 9.17) is 11.6 Å². The molecule has 1 aliphatic rings.